The van der Waals surface area contributed by atoms with Crippen molar-refractivity contribution in [1.82, 2.24) is 10.2 Å². The zero-order chi connectivity index (χ0) is 22.2. The van der Waals surface area contributed by atoms with Crippen LogP contribution in [0.1, 0.15) is 37.3 Å². The second kappa shape index (κ2) is 11.0. The van der Waals surface area contributed by atoms with Crippen molar-refractivity contribution in [1.29, 1.82) is 0 Å². The predicted molar refractivity (Wildman–Crippen MR) is 123 cm³/mol. The molecule has 0 saturated carbocycles. The third-order valence-corrected chi connectivity index (χ3v) is 5.37. The maximum absolute atomic E-state index is 12.8. The summed E-state index contributed by atoms with van der Waals surface area (Å²) in [6.07, 6.45) is 1.20. The minimum absolute atomic E-state index is 0.0419. The Morgan fingerprint density at radius 3 is 2.71 bits per heavy atom. The van der Waals surface area contributed by atoms with Gasteiger partial charge in [0.05, 0.1) is 12.2 Å². The number of fused-ring (bicyclic) bond motifs is 1. The summed E-state index contributed by atoms with van der Waals surface area (Å²) in [7, 11) is 2.08. The van der Waals surface area contributed by atoms with E-state index in [2.05, 4.69) is 29.4 Å². The molecule has 0 bridgehead atoms. The van der Waals surface area contributed by atoms with E-state index in [-0.39, 0.29) is 30.8 Å². The van der Waals surface area contributed by atoms with E-state index >= 15 is 0 Å². The summed E-state index contributed by atoms with van der Waals surface area (Å²) in [4.78, 5) is 29.0. The van der Waals surface area contributed by atoms with Gasteiger partial charge in [0.1, 0.15) is 11.9 Å². The molecule has 0 aromatic heterocycles. The van der Waals surface area contributed by atoms with Crippen molar-refractivity contribution in [3.63, 3.8) is 0 Å². The Kier molecular flexibility index (Phi) is 8.06. The molecule has 1 N–H and O–H groups in total. The molecule has 6 nitrogen and oxygen atoms in total. The summed E-state index contributed by atoms with van der Waals surface area (Å²) in [6.45, 7) is 6.85. The van der Waals surface area contributed by atoms with Gasteiger partial charge < -0.3 is 19.9 Å². The largest absolute Gasteiger partial charge is 0.487 e. The maximum atomic E-state index is 12.8. The van der Waals surface area contributed by atoms with Crippen LogP contribution in [0.25, 0.3) is 0 Å². The summed E-state index contributed by atoms with van der Waals surface area (Å²) in [6, 6.07) is 16.2. The van der Waals surface area contributed by atoms with Crippen LogP contribution in [0.3, 0.4) is 0 Å². The fraction of sp³-hybridized carbons (Fsp3) is 0.440. The first-order valence-electron chi connectivity index (χ1n) is 11.0. The molecular formula is C25H33N3O3. The maximum Gasteiger partial charge on any atom is 0.227 e. The Bertz CT molecular complexity index is 885. The minimum Gasteiger partial charge on any atom is -0.487 e. The van der Waals surface area contributed by atoms with Gasteiger partial charge in [-0.2, -0.15) is 0 Å². The van der Waals surface area contributed by atoms with Gasteiger partial charge in [-0.1, -0.05) is 36.4 Å². The summed E-state index contributed by atoms with van der Waals surface area (Å²) >= 11 is 0. The van der Waals surface area contributed by atoms with Gasteiger partial charge in [0.2, 0.25) is 11.8 Å². The number of carbonyl (C=O) groups is 2. The number of hydrogen-bond acceptors (Lipinski definition) is 4. The number of amides is 2. The molecule has 6 heteroatoms. The molecule has 31 heavy (non-hydrogen) atoms. The molecule has 2 aromatic rings. The van der Waals surface area contributed by atoms with Gasteiger partial charge in [-0.3, -0.25) is 9.59 Å². The van der Waals surface area contributed by atoms with E-state index in [4.69, 9.17) is 4.74 Å². The second-order valence-electron chi connectivity index (χ2n) is 8.33. The van der Waals surface area contributed by atoms with E-state index < -0.39 is 0 Å². The van der Waals surface area contributed by atoms with Gasteiger partial charge in [0, 0.05) is 25.9 Å². The van der Waals surface area contributed by atoms with Gasteiger partial charge in [-0.15, -0.1) is 0 Å². The Labute approximate surface area is 185 Å². The van der Waals surface area contributed by atoms with Gasteiger partial charge >= 0.3 is 0 Å². The monoisotopic (exact) mass is 423 g/mol. The van der Waals surface area contributed by atoms with Crippen LogP contribution in [0, 0.1) is 6.92 Å². The Hall–Kier alpha value is -2.86. The van der Waals surface area contributed by atoms with E-state index in [0.29, 0.717) is 13.1 Å². The van der Waals surface area contributed by atoms with Crippen LogP contribution in [-0.2, 0) is 16.1 Å². The van der Waals surface area contributed by atoms with Crippen molar-refractivity contribution in [2.45, 2.75) is 45.8 Å². The molecule has 0 spiro atoms. The van der Waals surface area contributed by atoms with Crippen LogP contribution in [0.2, 0.25) is 0 Å². The molecule has 0 radical (unpaired) electrons. The molecule has 1 heterocycles. The normalized spacial score (nSPS) is 15.4. The lowest BCUT2D eigenvalue weighted by Gasteiger charge is -2.33. The highest BCUT2D eigenvalue weighted by Crippen LogP contribution is 2.34. The van der Waals surface area contributed by atoms with Gasteiger partial charge in [0.25, 0.3) is 0 Å². The first-order chi connectivity index (χ1) is 14.9. The van der Waals surface area contributed by atoms with Crippen molar-refractivity contribution in [2.24, 2.45) is 0 Å². The predicted octanol–water partition coefficient (Wildman–Crippen LogP) is 3.53. The first-order valence-corrected chi connectivity index (χ1v) is 11.0. The SMILES string of the molecule is Cc1ccc2c(c1)N(C(=O)CCC(=O)NCCCN(C)Cc1ccccc1)C[C@H](C)O2. The molecule has 166 valence electrons. The summed E-state index contributed by atoms with van der Waals surface area (Å²) < 4.78 is 5.84. The molecular weight excluding hydrogens is 390 g/mol. The molecule has 1 atom stereocenters. The van der Waals surface area contributed by atoms with E-state index in [1.165, 1.54) is 5.56 Å². The van der Waals surface area contributed by atoms with Gasteiger partial charge in [-0.05, 0) is 57.1 Å². The third-order valence-electron chi connectivity index (χ3n) is 5.37. The smallest absolute Gasteiger partial charge is 0.227 e. The molecule has 0 fully saturated rings. The second-order valence-corrected chi connectivity index (χ2v) is 8.33. The van der Waals surface area contributed by atoms with Crippen LogP contribution in [0.4, 0.5) is 5.69 Å². The van der Waals surface area contributed by atoms with Crippen LogP contribution in [0.5, 0.6) is 5.75 Å². The Balaban J connectivity index is 1.38. The number of aryl methyl sites for hydroxylation is 1. The zero-order valence-corrected chi connectivity index (χ0v) is 18.8. The highest BCUT2D eigenvalue weighted by Gasteiger charge is 2.27. The van der Waals surface area contributed by atoms with Crippen LogP contribution in [-0.4, -0.2) is 49.5 Å². The molecule has 3 rings (SSSR count). The van der Waals surface area contributed by atoms with E-state index in [9.17, 15) is 9.59 Å². The number of benzene rings is 2. The van der Waals surface area contributed by atoms with E-state index in [0.717, 1.165) is 36.5 Å². The minimum atomic E-state index is -0.0789. The quantitative estimate of drug-likeness (QED) is 0.627. The topological polar surface area (TPSA) is 61.9 Å². The Morgan fingerprint density at radius 2 is 1.94 bits per heavy atom. The fourth-order valence-electron chi connectivity index (χ4n) is 3.78. The molecule has 2 aromatic carbocycles. The van der Waals surface area contributed by atoms with E-state index in [1.807, 2.05) is 50.2 Å². The van der Waals surface area contributed by atoms with Crippen molar-refractivity contribution >= 4 is 17.5 Å². The molecule has 0 saturated heterocycles. The number of nitrogens with one attached hydrogen (secondary N) is 1. The molecule has 1 aliphatic heterocycles. The number of ether oxygens (including phenoxy) is 1. The van der Waals surface area contributed by atoms with Crippen molar-refractivity contribution < 1.29 is 14.3 Å². The Morgan fingerprint density at radius 1 is 1.16 bits per heavy atom. The average Bonchev–Trinajstić information content (AvgIpc) is 2.75. The number of nitrogens with zero attached hydrogens (tertiary/aromatic N) is 2. The third kappa shape index (κ3) is 6.82. The van der Waals surface area contributed by atoms with Crippen LogP contribution < -0.4 is 15.0 Å². The molecule has 2 amide bonds. The number of anilines is 1. The van der Waals surface area contributed by atoms with Gasteiger partial charge in [0.15, 0.2) is 0 Å². The van der Waals surface area contributed by atoms with E-state index in [1.54, 1.807) is 4.90 Å². The molecule has 0 aliphatic carbocycles. The summed E-state index contributed by atoms with van der Waals surface area (Å²) in [5, 5.41) is 2.94. The first kappa shape index (κ1) is 22.8. The highest BCUT2D eigenvalue weighted by atomic mass is 16.5. The van der Waals surface area contributed by atoms with Crippen molar-refractivity contribution in [3.8, 4) is 5.75 Å². The lowest BCUT2D eigenvalue weighted by molar-refractivity contribution is -0.125. The summed E-state index contributed by atoms with van der Waals surface area (Å²) in [5.74, 6) is 0.603. The fourth-order valence-corrected chi connectivity index (χ4v) is 3.78. The number of rotatable bonds is 9. The zero-order valence-electron chi connectivity index (χ0n) is 18.8. The lowest BCUT2D eigenvalue weighted by atomic mass is 10.1. The van der Waals surface area contributed by atoms with Crippen molar-refractivity contribution in [3.05, 3.63) is 59.7 Å². The molecule has 0 unspecified atom stereocenters. The van der Waals surface area contributed by atoms with Crippen molar-refractivity contribution in [2.75, 3.05) is 31.6 Å². The standard InChI is InChI=1S/C25H33N3O3/c1-19-10-11-23-22(16-19)28(17-20(2)31-23)25(30)13-12-24(29)26-14-7-15-27(3)18-21-8-5-4-6-9-21/h4-6,8-11,16,20H,7,12-15,17-18H2,1-3H3,(H,26,29)/t20-/m0/s1. The summed E-state index contributed by atoms with van der Waals surface area (Å²) in [5.41, 5.74) is 3.15. The lowest BCUT2D eigenvalue weighted by Crippen LogP contribution is -2.42. The average molecular weight is 424 g/mol. The highest BCUT2D eigenvalue weighted by molar-refractivity contribution is 5.97. The van der Waals surface area contributed by atoms with Gasteiger partial charge in [-0.25, -0.2) is 0 Å². The number of carbonyl (C=O) groups excluding carboxylic acids is 2. The molecule has 1 aliphatic rings. The number of hydrogen-bond donors (Lipinski definition) is 1. The van der Waals surface area contributed by atoms with Crippen LogP contribution in [0.15, 0.2) is 48.5 Å². The van der Waals surface area contributed by atoms with Crippen LogP contribution >= 0.6 is 0 Å².